The SMILES string of the molecule is Cc1c(-c2ccccc2)sc(NC(=O)COc2ccccc2F)c1C(=O)N1CCCCC1. The number of thiophene rings is 1. The summed E-state index contributed by atoms with van der Waals surface area (Å²) < 4.78 is 19.1. The smallest absolute Gasteiger partial charge is 0.262 e. The van der Waals surface area contributed by atoms with Crippen molar-refractivity contribution >= 4 is 28.2 Å². The molecule has 2 aromatic carbocycles. The number of nitrogens with one attached hydrogen (secondary N) is 1. The molecule has 0 spiro atoms. The number of benzene rings is 2. The van der Waals surface area contributed by atoms with E-state index in [0.717, 1.165) is 48.4 Å². The molecule has 1 fully saturated rings. The van der Waals surface area contributed by atoms with Crippen molar-refractivity contribution in [3.8, 4) is 16.2 Å². The number of nitrogens with zero attached hydrogens (tertiary/aromatic N) is 1. The fourth-order valence-corrected chi connectivity index (χ4v) is 5.07. The summed E-state index contributed by atoms with van der Waals surface area (Å²) in [6.45, 7) is 3.01. The third-order valence-corrected chi connectivity index (χ3v) is 6.74. The lowest BCUT2D eigenvalue weighted by Crippen LogP contribution is -2.36. The first-order valence-electron chi connectivity index (χ1n) is 10.7. The van der Waals surface area contributed by atoms with Crippen molar-refractivity contribution < 1.29 is 18.7 Å². The molecule has 1 saturated heterocycles. The largest absolute Gasteiger partial charge is 0.481 e. The van der Waals surface area contributed by atoms with Crippen LogP contribution in [0.1, 0.15) is 35.2 Å². The van der Waals surface area contributed by atoms with Crippen LogP contribution in [0.25, 0.3) is 10.4 Å². The van der Waals surface area contributed by atoms with E-state index >= 15 is 0 Å². The van der Waals surface area contributed by atoms with Gasteiger partial charge in [0, 0.05) is 18.0 Å². The molecular formula is C25H25FN2O3S. The zero-order valence-corrected chi connectivity index (χ0v) is 18.7. The number of hydrogen-bond acceptors (Lipinski definition) is 4. The highest BCUT2D eigenvalue weighted by Crippen LogP contribution is 2.40. The minimum absolute atomic E-state index is 0.0135. The monoisotopic (exact) mass is 452 g/mol. The van der Waals surface area contributed by atoms with Crippen LogP contribution in [-0.4, -0.2) is 36.4 Å². The molecule has 7 heteroatoms. The molecule has 0 aliphatic carbocycles. The Kier molecular flexibility index (Phi) is 6.85. The van der Waals surface area contributed by atoms with E-state index in [1.165, 1.54) is 23.5 Å². The van der Waals surface area contributed by atoms with E-state index in [-0.39, 0.29) is 18.3 Å². The van der Waals surface area contributed by atoms with Crippen LogP contribution in [-0.2, 0) is 4.79 Å². The van der Waals surface area contributed by atoms with Crippen LogP contribution in [0.4, 0.5) is 9.39 Å². The first-order valence-corrected chi connectivity index (χ1v) is 11.5. The average molecular weight is 453 g/mol. The topological polar surface area (TPSA) is 58.6 Å². The Morgan fingerprint density at radius 3 is 2.44 bits per heavy atom. The number of para-hydroxylation sites is 1. The van der Waals surface area contributed by atoms with Gasteiger partial charge in [0.05, 0.1) is 5.56 Å². The van der Waals surface area contributed by atoms with Crippen LogP contribution in [0.15, 0.2) is 54.6 Å². The number of rotatable bonds is 6. The maximum Gasteiger partial charge on any atom is 0.262 e. The first-order chi connectivity index (χ1) is 15.5. The fourth-order valence-electron chi connectivity index (χ4n) is 3.85. The number of anilines is 1. The molecule has 1 N–H and O–H groups in total. The fraction of sp³-hybridized carbons (Fsp3) is 0.280. The standard InChI is InChI=1S/C25H25FN2O3S/c1-17-22(25(30)28-14-8-3-9-15-28)24(32-23(17)18-10-4-2-5-11-18)27-21(29)16-31-20-13-7-6-12-19(20)26/h2,4-7,10-13H,3,8-9,14-16H2,1H3,(H,27,29). The average Bonchev–Trinajstić information content (AvgIpc) is 3.14. The van der Waals surface area contributed by atoms with Gasteiger partial charge in [0.15, 0.2) is 18.2 Å². The summed E-state index contributed by atoms with van der Waals surface area (Å²) in [6, 6.07) is 15.7. The number of carbonyl (C=O) groups is 2. The molecule has 166 valence electrons. The van der Waals surface area contributed by atoms with Crippen molar-refractivity contribution in [1.82, 2.24) is 4.90 Å². The predicted octanol–water partition coefficient (Wildman–Crippen LogP) is 5.51. The van der Waals surface area contributed by atoms with E-state index in [9.17, 15) is 14.0 Å². The lowest BCUT2D eigenvalue weighted by molar-refractivity contribution is -0.118. The number of amides is 2. The molecule has 0 radical (unpaired) electrons. The van der Waals surface area contributed by atoms with Gasteiger partial charge in [0.2, 0.25) is 0 Å². The molecule has 3 aromatic rings. The van der Waals surface area contributed by atoms with Crippen molar-refractivity contribution in [3.05, 3.63) is 71.5 Å². The summed E-state index contributed by atoms with van der Waals surface area (Å²) in [5.74, 6) is -1.02. The molecular weight excluding hydrogens is 427 g/mol. The Morgan fingerprint density at radius 2 is 1.72 bits per heavy atom. The molecule has 2 amide bonds. The van der Waals surface area contributed by atoms with Crippen LogP contribution in [0, 0.1) is 12.7 Å². The quantitative estimate of drug-likeness (QED) is 0.537. The Labute approximate surface area is 190 Å². The van der Waals surface area contributed by atoms with Gasteiger partial charge in [-0.3, -0.25) is 9.59 Å². The van der Waals surface area contributed by atoms with Gasteiger partial charge in [-0.15, -0.1) is 11.3 Å². The summed E-state index contributed by atoms with van der Waals surface area (Å²) in [4.78, 5) is 28.8. The van der Waals surface area contributed by atoms with Crippen molar-refractivity contribution in [1.29, 1.82) is 0 Å². The highest BCUT2D eigenvalue weighted by atomic mass is 32.1. The predicted molar refractivity (Wildman–Crippen MR) is 125 cm³/mol. The summed E-state index contributed by atoms with van der Waals surface area (Å²) >= 11 is 1.38. The molecule has 0 saturated carbocycles. The lowest BCUT2D eigenvalue weighted by atomic mass is 10.0. The normalized spacial score (nSPS) is 13.6. The van der Waals surface area contributed by atoms with E-state index in [1.54, 1.807) is 12.1 Å². The maximum atomic E-state index is 13.8. The molecule has 1 aliphatic rings. The molecule has 2 heterocycles. The molecule has 0 atom stereocenters. The molecule has 4 rings (SSSR count). The summed E-state index contributed by atoms with van der Waals surface area (Å²) in [5, 5.41) is 3.33. The zero-order chi connectivity index (χ0) is 22.5. The summed E-state index contributed by atoms with van der Waals surface area (Å²) in [6.07, 6.45) is 3.09. The van der Waals surface area contributed by atoms with Crippen LogP contribution in [0.5, 0.6) is 5.75 Å². The van der Waals surface area contributed by atoms with Gasteiger partial charge in [-0.2, -0.15) is 0 Å². The van der Waals surface area contributed by atoms with Crippen LogP contribution in [0.3, 0.4) is 0 Å². The second-order valence-corrected chi connectivity index (χ2v) is 8.77. The molecule has 0 unspecified atom stereocenters. The van der Waals surface area contributed by atoms with Crippen molar-refractivity contribution in [2.75, 3.05) is 25.0 Å². The maximum absolute atomic E-state index is 13.8. The number of carbonyl (C=O) groups excluding carboxylic acids is 2. The summed E-state index contributed by atoms with van der Waals surface area (Å²) in [7, 11) is 0. The molecule has 1 aromatic heterocycles. The van der Waals surface area contributed by atoms with Crippen LogP contribution < -0.4 is 10.1 Å². The van der Waals surface area contributed by atoms with Gasteiger partial charge in [-0.05, 0) is 49.4 Å². The van der Waals surface area contributed by atoms with Gasteiger partial charge >= 0.3 is 0 Å². The Hall–Kier alpha value is -3.19. The Balaban J connectivity index is 1.60. The van der Waals surface area contributed by atoms with Crippen LogP contribution in [0.2, 0.25) is 0 Å². The minimum atomic E-state index is -0.528. The lowest BCUT2D eigenvalue weighted by Gasteiger charge is -2.27. The first kappa shape index (κ1) is 22.0. The Bertz CT molecular complexity index is 1110. The van der Waals surface area contributed by atoms with Gasteiger partial charge in [0.1, 0.15) is 5.00 Å². The van der Waals surface area contributed by atoms with Gasteiger partial charge in [-0.25, -0.2) is 4.39 Å². The number of likely N-dealkylation sites (tertiary alicyclic amines) is 1. The molecule has 5 nitrogen and oxygen atoms in total. The minimum Gasteiger partial charge on any atom is -0.481 e. The van der Waals surface area contributed by atoms with Gasteiger partial charge in [-0.1, -0.05) is 42.5 Å². The van der Waals surface area contributed by atoms with Crippen LogP contribution >= 0.6 is 11.3 Å². The number of piperidine rings is 1. The second kappa shape index (κ2) is 9.96. The molecule has 0 bridgehead atoms. The highest BCUT2D eigenvalue weighted by molar-refractivity contribution is 7.20. The second-order valence-electron chi connectivity index (χ2n) is 7.75. The van der Waals surface area contributed by atoms with Crippen molar-refractivity contribution in [2.24, 2.45) is 0 Å². The number of ether oxygens (including phenoxy) is 1. The van der Waals surface area contributed by atoms with E-state index in [1.807, 2.05) is 42.2 Å². The highest BCUT2D eigenvalue weighted by Gasteiger charge is 2.27. The summed E-state index contributed by atoms with van der Waals surface area (Å²) in [5.41, 5.74) is 2.36. The molecule has 32 heavy (non-hydrogen) atoms. The third kappa shape index (κ3) is 4.83. The van der Waals surface area contributed by atoms with Crippen molar-refractivity contribution in [2.45, 2.75) is 26.2 Å². The molecule has 1 aliphatic heterocycles. The van der Waals surface area contributed by atoms with Gasteiger partial charge in [0.25, 0.3) is 11.8 Å². The van der Waals surface area contributed by atoms with Crippen molar-refractivity contribution in [3.63, 3.8) is 0 Å². The van der Waals surface area contributed by atoms with E-state index in [4.69, 9.17) is 4.74 Å². The zero-order valence-electron chi connectivity index (χ0n) is 17.9. The number of hydrogen-bond donors (Lipinski definition) is 1. The third-order valence-electron chi connectivity index (χ3n) is 5.49. The Morgan fingerprint density at radius 1 is 1.03 bits per heavy atom. The van der Waals surface area contributed by atoms with E-state index < -0.39 is 11.7 Å². The van der Waals surface area contributed by atoms with E-state index in [0.29, 0.717) is 10.6 Å². The van der Waals surface area contributed by atoms with E-state index in [2.05, 4.69) is 5.32 Å². The number of halogens is 1. The van der Waals surface area contributed by atoms with Gasteiger partial charge < -0.3 is 15.0 Å².